The number of Topliss-reactive ketones (excluding diaryl/α,β-unsaturated/α-hetero) is 2. The van der Waals surface area contributed by atoms with Crippen molar-refractivity contribution in [2.75, 3.05) is 28.2 Å². The number of aromatic hydroxyl groups is 1. The Morgan fingerprint density at radius 3 is 2.44 bits per heavy atom. The predicted molar refractivity (Wildman–Crippen MR) is 139 cm³/mol. The molecular formula is C28H31N3O8. The van der Waals surface area contributed by atoms with Crippen molar-refractivity contribution >= 4 is 23.2 Å². The highest BCUT2D eigenvalue weighted by molar-refractivity contribution is 6.24. The van der Waals surface area contributed by atoms with Crippen molar-refractivity contribution in [3.05, 3.63) is 58.3 Å². The SMILES string of the molecule is CN(C)Cc1cc(-c2ccoc2)c2c(c1O)C(O)=C1C(=O)[C@@]3(O)C(O)=C(C(N)=O)C(=O)[C@H](N(C)C)[C@H]3C[C@H]1C2. The zero-order valence-electron chi connectivity index (χ0n) is 22.1. The first kappa shape index (κ1) is 26.7. The van der Waals surface area contributed by atoms with Crippen molar-refractivity contribution in [3.63, 3.8) is 0 Å². The van der Waals surface area contributed by atoms with Crippen molar-refractivity contribution in [3.8, 4) is 16.9 Å². The Morgan fingerprint density at radius 1 is 1.18 bits per heavy atom. The second kappa shape index (κ2) is 9.08. The number of ketones is 2. The van der Waals surface area contributed by atoms with Gasteiger partial charge in [0, 0.05) is 29.2 Å². The molecule has 4 atom stereocenters. The number of fused-ring (bicyclic) bond motifs is 3. The molecule has 1 heterocycles. The molecule has 11 nitrogen and oxygen atoms in total. The maximum Gasteiger partial charge on any atom is 0.255 e. The van der Waals surface area contributed by atoms with Gasteiger partial charge in [-0.05, 0) is 70.2 Å². The molecule has 0 aliphatic heterocycles. The minimum atomic E-state index is -2.67. The van der Waals surface area contributed by atoms with Crippen LogP contribution >= 0.6 is 0 Å². The Balaban J connectivity index is 1.77. The standard InChI is InChI=1S/C28H31N3O8/c1-30(2)10-14-8-15(12-5-6-39-11-12)16-7-13-9-17-21(31(3)4)24(34)20(27(29)37)26(36)28(17,38)25(35)18(13)23(33)19(16)22(14)32/h5-6,8,11,13,17,21,32-33,36,38H,7,9-10H2,1-4H3,(H2,29,37)/t13-,17-,21-,28-/m1/s1. The molecule has 0 spiro atoms. The van der Waals surface area contributed by atoms with Gasteiger partial charge in [-0.2, -0.15) is 0 Å². The van der Waals surface area contributed by atoms with Crippen molar-refractivity contribution in [1.82, 2.24) is 9.80 Å². The summed E-state index contributed by atoms with van der Waals surface area (Å²) in [6.07, 6.45) is 3.28. The summed E-state index contributed by atoms with van der Waals surface area (Å²) < 4.78 is 5.29. The Morgan fingerprint density at radius 2 is 1.87 bits per heavy atom. The number of hydrogen-bond acceptors (Lipinski definition) is 10. The van der Waals surface area contributed by atoms with Crippen LogP contribution in [0.2, 0.25) is 0 Å². The molecule has 39 heavy (non-hydrogen) atoms. The first-order valence-electron chi connectivity index (χ1n) is 12.5. The van der Waals surface area contributed by atoms with Crippen molar-refractivity contribution < 1.29 is 39.2 Å². The number of primary amides is 1. The van der Waals surface area contributed by atoms with E-state index >= 15 is 0 Å². The van der Waals surface area contributed by atoms with E-state index in [1.54, 1.807) is 26.4 Å². The fraction of sp³-hybridized carbons (Fsp3) is 0.393. The molecule has 1 fully saturated rings. The van der Waals surface area contributed by atoms with E-state index in [0.29, 0.717) is 28.8 Å². The molecule has 3 aliphatic carbocycles. The van der Waals surface area contributed by atoms with Gasteiger partial charge in [0.25, 0.3) is 5.91 Å². The lowest BCUT2D eigenvalue weighted by atomic mass is 9.57. The number of likely N-dealkylation sites (N-methyl/N-ethyl adjacent to an activating group) is 1. The quantitative estimate of drug-likeness (QED) is 0.349. The summed E-state index contributed by atoms with van der Waals surface area (Å²) in [6, 6.07) is 2.44. The number of carbonyl (C=O) groups is 3. The van der Waals surface area contributed by atoms with Gasteiger partial charge in [0.1, 0.15) is 22.8 Å². The fourth-order valence-corrected chi connectivity index (χ4v) is 6.50. The third-order valence-corrected chi connectivity index (χ3v) is 8.12. The Hall–Kier alpha value is -3.93. The van der Waals surface area contributed by atoms with Gasteiger partial charge in [0.05, 0.1) is 24.1 Å². The van der Waals surface area contributed by atoms with Gasteiger partial charge in [-0.15, -0.1) is 0 Å². The third kappa shape index (κ3) is 3.72. The van der Waals surface area contributed by atoms with Gasteiger partial charge in [-0.3, -0.25) is 19.3 Å². The summed E-state index contributed by atoms with van der Waals surface area (Å²) in [5.41, 5.74) is 4.24. The van der Waals surface area contributed by atoms with Crippen LogP contribution in [0.15, 0.2) is 46.0 Å². The number of furan rings is 1. The van der Waals surface area contributed by atoms with E-state index in [0.717, 1.165) is 0 Å². The minimum absolute atomic E-state index is 0.0246. The molecule has 5 rings (SSSR count). The van der Waals surface area contributed by atoms with Crippen molar-refractivity contribution in [2.24, 2.45) is 17.6 Å². The zero-order valence-corrected chi connectivity index (χ0v) is 22.1. The molecule has 6 N–H and O–H groups in total. The lowest BCUT2D eigenvalue weighted by Crippen LogP contribution is -2.65. The first-order valence-corrected chi connectivity index (χ1v) is 12.5. The van der Waals surface area contributed by atoms with Crippen LogP contribution in [0.5, 0.6) is 5.75 Å². The molecule has 1 aromatic carbocycles. The van der Waals surface area contributed by atoms with Gasteiger partial charge >= 0.3 is 0 Å². The highest BCUT2D eigenvalue weighted by Gasteiger charge is 2.64. The smallest absolute Gasteiger partial charge is 0.255 e. The molecule has 0 bridgehead atoms. The molecule has 0 unspecified atom stereocenters. The van der Waals surface area contributed by atoms with Crippen LogP contribution in [0, 0.1) is 11.8 Å². The maximum atomic E-state index is 14.0. The number of aliphatic hydroxyl groups excluding tert-OH is 2. The van der Waals surface area contributed by atoms with Crippen LogP contribution in [0.4, 0.5) is 0 Å². The molecular weight excluding hydrogens is 506 g/mol. The number of hydrogen-bond donors (Lipinski definition) is 5. The van der Waals surface area contributed by atoms with Gasteiger partial charge in [0.15, 0.2) is 11.4 Å². The topological polar surface area (TPSA) is 178 Å². The van der Waals surface area contributed by atoms with Gasteiger partial charge in [-0.25, -0.2) is 0 Å². The van der Waals surface area contributed by atoms with Crippen LogP contribution in [0.3, 0.4) is 0 Å². The molecule has 1 amide bonds. The highest BCUT2D eigenvalue weighted by atomic mass is 16.3. The number of aliphatic hydroxyl groups is 3. The number of rotatable bonds is 5. The predicted octanol–water partition coefficient (Wildman–Crippen LogP) is 1.29. The Bertz CT molecular complexity index is 1470. The average molecular weight is 538 g/mol. The average Bonchev–Trinajstić information content (AvgIpc) is 3.37. The number of carbonyl (C=O) groups excluding carboxylic acids is 3. The summed E-state index contributed by atoms with van der Waals surface area (Å²) in [4.78, 5) is 42.7. The van der Waals surface area contributed by atoms with Gasteiger partial charge in [-0.1, -0.05) is 0 Å². The fourth-order valence-electron chi connectivity index (χ4n) is 6.50. The Labute approximate surface area is 224 Å². The second-order valence-electron chi connectivity index (χ2n) is 11.0. The number of nitrogens with two attached hydrogens (primary N) is 1. The molecule has 1 saturated carbocycles. The number of benzene rings is 1. The summed E-state index contributed by atoms with van der Waals surface area (Å²) in [5.74, 6) is -6.71. The largest absolute Gasteiger partial charge is 0.508 e. The number of amides is 1. The Kier molecular flexibility index (Phi) is 6.21. The lowest BCUT2D eigenvalue weighted by molar-refractivity contribution is -0.153. The zero-order chi connectivity index (χ0) is 28.5. The van der Waals surface area contributed by atoms with E-state index in [2.05, 4.69) is 0 Å². The van der Waals surface area contributed by atoms with E-state index in [1.807, 2.05) is 25.1 Å². The lowest BCUT2D eigenvalue weighted by Gasteiger charge is -2.50. The molecule has 206 valence electrons. The van der Waals surface area contributed by atoms with E-state index < -0.39 is 58.0 Å². The molecule has 0 saturated heterocycles. The minimum Gasteiger partial charge on any atom is -0.508 e. The van der Waals surface area contributed by atoms with E-state index in [1.165, 1.54) is 11.2 Å². The van der Waals surface area contributed by atoms with E-state index in [-0.39, 0.29) is 29.7 Å². The highest BCUT2D eigenvalue weighted by Crippen LogP contribution is 2.54. The molecule has 2 aromatic rings. The van der Waals surface area contributed by atoms with Crippen molar-refractivity contribution in [1.29, 1.82) is 0 Å². The van der Waals surface area contributed by atoms with Gasteiger partial charge < -0.3 is 35.5 Å². The van der Waals surface area contributed by atoms with E-state index in [9.17, 15) is 34.8 Å². The summed E-state index contributed by atoms with van der Waals surface area (Å²) in [7, 11) is 6.77. The normalized spacial score (nSPS) is 26.7. The van der Waals surface area contributed by atoms with E-state index in [4.69, 9.17) is 10.2 Å². The van der Waals surface area contributed by atoms with Crippen LogP contribution in [-0.4, -0.2) is 87.5 Å². The molecule has 1 aromatic heterocycles. The van der Waals surface area contributed by atoms with Crippen LogP contribution in [0.25, 0.3) is 16.9 Å². The first-order chi connectivity index (χ1) is 18.3. The van der Waals surface area contributed by atoms with Crippen LogP contribution in [-0.2, 0) is 27.3 Å². The summed E-state index contributed by atoms with van der Waals surface area (Å²) in [6.45, 7) is 0.327. The monoisotopic (exact) mass is 537 g/mol. The second-order valence-corrected chi connectivity index (χ2v) is 11.0. The van der Waals surface area contributed by atoms with Crippen LogP contribution < -0.4 is 5.73 Å². The molecule has 11 heteroatoms. The third-order valence-electron chi connectivity index (χ3n) is 8.12. The van der Waals surface area contributed by atoms with Crippen LogP contribution in [0.1, 0.15) is 23.1 Å². The summed E-state index contributed by atoms with van der Waals surface area (Å²) >= 11 is 0. The molecule has 3 aliphatic rings. The summed E-state index contributed by atoms with van der Waals surface area (Å²) in [5, 5.41) is 45.6. The molecule has 0 radical (unpaired) electrons. The number of phenolic OH excluding ortho intramolecular Hbond substituents is 1. The maximum absolute atomic E-state index is 14.0. The number of nitrogens with zero attached hydrogens (tertiary/aromatic N) is 2. The van der Waals surface area contributed by atoms with Crippen molar-refractivity contribution in [2.45, 2.75) is 31.0 Å². The number of phenols is 1. The van der Waals surface area contributed by atoms with Gasteiger partial charge in [0.2, 0.25) is 5.78 Å².